The Hall–Kier alpha value is -3.12. The van der Waals surface area contributed by atoms with E-state index < -0.39 is 22.2 Å². The molecule has 4 aromatic heterocycles. The largest absolute Gasteiger partial charge is 0.284 e. The number of aromatic nitrogens is 7. The summed E-state index contributed by atoms with van der Waals surface area (Å²) in [5.74, 6) is 0.634. The van der Waals surface area contributed by atoms with Gasteiger partial charge < -0.3 is 0 Å². The van der Waals surface area contributed by atoms with Crippen LogP contribution >= 0.6 is 0 Å². The molecular weight excluding hydrogens is 423 g/mol. The quantitative estimate of drug-likeness (QED) is 0.444. The molecule has 10 nitrogen and oxygen atoms in total. The Labute approximate surface area is 178 Å². The molecule has 5 rings (SSSR count). The molecule has 0 amide bonds. The second-order valence-electron chi connectivity index (χ2n) is 7.89. The Bertz CT molecular complexity index is 1370. The van der Waals surface area contributed by atoms with Gasteiger partial charge in [0.2, 0.25) is 10.0 Å². The van der Waals surface area contributed by atoms with E-state index in [0.717, 1.165) is 28.7 Å². The summed E-state index contributed by atoms with van der Waals surface area (Å²) < 4.78 is 43.5. The zero-order chi connectivity index (χ0) is 21.8. The third-order valence-corrected chi connectivity index (χ3v) is 6.88. The summed E-state index contributed by atoms with van der Waals surface area (Å²) in [6.07, 6.45) is 11.9. The van der Waals surface area contributed by atoms with Crippen molar-refractivity contribution in [1.82, 2.24) is 38.2 Å². The van der Waals surface area contributed by atoms with Gasteiger partial charge in [-0.25, -0.2) is 18.4 Å². The van der Waals surface area contributed by atoms with Crippen LogP contribution in [0.2, 0.25) is 0 Å². The van der Waals surface area contributed by atoms with Gasteiger partial charge in [-0.1, -0.05) is 0 Å². The van der Waals surface area contributed by atoms with Crippen LogP contribution in [0.5, 0.6) is 0 Å². The molecule has 0 unspecified atom stereocenters. The van der Waals surface area contributed by atoms with Crippen molar-refractivity contribution in [2.24, 2.45) is 7.05 Å². The van der Waals surface area contributed by atoms with Crippen molar-refractivity contribution in [2.75, 3.05) is 26.0 Å². The fraction of sp³-hybridized carbons (Fsp3) is 0.368. The molecule has 1 saturated heterocycles. The van der Waals surface area contributed by atoms with Gasteiger partial charge in [0, 0.05) is 63.0 Å². The monoisotopic (exact) mass is 444 g/mol. The third-order valence-electron chi connectivity index (χ3n) is 5.69. The predicted octanol–water partition coefficient (Wildman–Crippen LogP) is 1.32. The first-order chi connectivity index (χ1) is 14.8. The second-order valence-corrected chi connectivity index (χ2v) is 9.87. The van der Waals surface area contributed by atoms with E-state index in [1.165, 1.54) is 4.31 Å². The van der Waals surface area contributed by atoms with Crippen LogP contribution in [0.15, 0.2) is 43.2 Å². The highest BCUT2D eigenvalue weighted by Crippen LogP contribution is 2.35. The lowest BCUT2D eigenvalue weighted by atomic mass is 9.89. The molecule has 0 bridgehead atoms. The molecule has 0 saturated carbocycles. The zero-order valence-corrected chi connectivity index (χ0v) is 17.9. The van der Waals surface area contributed by atoms with E-state index in [2.05, 4.69) is 15.2 Å². The molecule has 1 fully saturated rings. The van der Waals surface area contributed by atoms with Gasteiger partial charge in [-0.2, -0.15) is 14.5 Å². The number of aryl methyl sites for hydroxylation is 1. The smallest absolute Gasteiger partial charge is 0.211 e. The minimum absolute atomic E-state index is 0.184. The Morgan fingerprint density at radius 1 is 1.16 bits per heavy atom. The first-order valence-corrected chi connectivity index (χ1v) is 11.5. The number of hydrogen-bond acceptors (Lipinski definition) is 6. The van der Waals surface area contributed by atoms with E-state index in [4.69, 9.17) is 4.98 Å². The Balaban J connectivity index is 1.56. The Kier molecular flexibility index (Phi) is 4.45. The van der Waals surface area contributed by atoms with Crippen molar-refractivity contribution in [2.45, 2.75) is 12.0 Å². The summed E-state index contributed by atoms with van der Waals surface area (Å²) in [6.45, 7) is -0.172. The van der Waals surface area contributed by atoms with E-state index in [1.54, 1.807) is 34.2 Å². The van der Waals surface area contributed by atoms with Gasteiger partial charge in [0.1, 0.15) is 11.5 Å². The van der Waals surface area contributed by atoms with Crippen molar-refractivity contribution < 1.29 is 12.8 Å². The summed E-state index contributed by atoms with van der Waals surface area (Å²) >= 11 is 0. The molecule has 0 atom stereocenters. The van der Waals surface area contributed by atoms with E-state index in [1.807, 2.05) is 29.9 Å². The van der Waals surface area contributed by atoms with Gasteiger partial charge in [0.15, 0.2) is 0 Å². The van der Waals surface area contributed by atoms with Gasteiger partial charge in [-0.15, -0.1) is 0 Å². The summed E-state index contributed by atoms with van der Waals surface area (Å²) in [4.78, 5) is 9.20. The van der Waals surface area contributed by atoms with Gasteiger partial charge >= 0.3 is 0 Å². The van der Waals surface area contributed by atoms with E-state index in [-0.39, 0.29) is 19.5 Å². The van der Waals surface area contributed by atoms with Crippen LogP contribution in [0.1, 0.15) is 6.42 Å². The molecule has 162 valence electrons. The van der Waals surface area contributed by atoms with Crippen LogP contribution in [0.4, 0.5) is 4.39 Å². The van der Waals surface area contributed by atoms with Gasteiger partial charge in [-0.05, 0) is 0 Å². The maximum absolute atomic E-state index is 13.3. The number of rotatable bonds is 6. The maximum atomic E-state index is 13.3. The average molecular weight is 444 g/mol. The summed E-state index contributed by atoms with van der Waals surface area (Å²) in [5, 5.41) is 8.67. The minimum atomic E-state index is -3.33. The molecule has 5 heterocycles. The molecule has 0 spiro atoms. The van der Waals surface area contributed by atoms with Crippen LogP contribution in [-0.4, -0.2) is 72.7 Å². The van der Waals surface area contributed by atoms with Crippen LogP contribution < -0.4 is 0 Å². The molecule has 1 aliphatic rings. The number of halogens is 1. The van der Waals surface area contributed by atoms with Crippen molar-refractivity contribution >= 4 is 15.7 Å². The number of sulfonamides is 1. The average Bonchev–Trinajstić information content (AvgIpc) is 3.42. The lowest BCUT2D eigenvalue weighted by Crippen LogP contribution is -2.64. The molecule has 0 radical (unpaired) electrons. The van der Waals surface area contributed by atoms with Gasteiger partial charge in [-0.3, -0.25) is 18.2 Å². The van der Waals surface area contributed by atoms with Gasteiger partial charge in [0.25, 0.3) is 0 Å². The summed E-state index contributed by atoms with van der Waals surface area (Å²) in [6, 6.07) is 1.88. The number of imidazole rings is 1. The number of hydrogen-bond donors (Lipinski definition) is 0. The van der Waals surface area contributed by atoms with Gasteiger partial charge in [0.05, 0.1) is 42.1 Å². The summed E-state index contributed by atoms with van der Waals surface area (Å²) in [7, 11) is -1.49. The zero-order valence-electron chi connectivity index (χ0n) is 17.1. The standard InChI is InChI=1S/C19H21FN8O2S/c1-25-10-14(8-22-25)16-7-17-21-5-6-27(17)18(24-16)15-9-23-28(11-15)19(3-4-20)12-26(13-19)31(2,29)30/h5-11H,3-4,12-13H2,1-2H3. The Morgan fingerprint density at radius 2 is 1.94 bits per heavy atom. The first kappa shape index (κ1) is 19.8. The van der Waals surface area contributed by atoms with E-state index in [0.29, 0.717) is 5.82 Å². The highest BCUT2D eigenvalue weighted by Gasteiger charge is 2.48. The molecule has 0 N–H and O–H groups in total. The Morgan fingerprint density at radius 3 is 2.61 bits per heavy atom. The predicted molar refractivity (Wildman–Crippen MR) is 111 cm³/mol. The van der Waals surface area contributed by atoms with Crippen LogP contribution in [0.3, 0.4) is 0 Å². The molecule has 1 aliphatic heterocycles. The van der Waals surface area contributed by atoms with Crippen molar-refractivity contribution in [3.63, 3.8) is 0 Å². The highest BCUT2D eigenvalue weighted by molar-refractivity contribution is 7.88. The minimum Gasteiger partial charge on any atom is -0.284 e. The molecule has 0 aliphatic carbocycles. The first-order valence-electron chi connectivity index (χ1n) is 9.69. The topological polar surface area (TPSA) is 103 Å². The molecule has 31 heavy (non-hydrogen) atoms. The molecule has 4 aromatic rings. The van der Waals surface area contributed by atoms with Crippen LogP contribution in [0, 0.1) is 0 Å². The van der Waals surface area contributed by atoms with Crippen LogP contribution in [-0.2, 0) is 22.6 Å². The SMILES string of the molecule is Cn1cc(-c2cc3nccn3c(-c3cnn(C4(CCF)CN(S(C)(=O)=O)C4)c3)n2)cn1. The number of nitrogens with zero attached hydrogens (tertiary/aromatic N) is 8. The molecular formula is C19H21FN8O2S. The number of alkyl halides is 1. The van der Waals surface area contributed by atoms with Crippen molar-refractivity contribution in [1.29, 1.82) is 0 Å². The summed E-state index contributed by atoms with van der Waals surface area (Å²) in [5.41, 5.74) is 2.33. The lowest BCUT2D eigenvalue weighted by molar-refractivity contribution is 0.0520. The fourth-order valence-electron chi connectivity index (χ4n) is 3.96. The van der Waals surface area contributed by atoms with E-state index in [9.17, 15) is 12.8 Å². The third kappa shape index (κ3) is 3.31. The lowest BCUT2D eigenvalue weighted by Gasteiger charge is -2.48. The normalized spacial score (nSPS) is 16.6. The highest BCUT2D eigenvalue weighted by atomic mass is 32.2. The molecule has 0 aromatic carbocycles. The van der Waals surface area contributed by atoms with Crippen LogP contribution in [0.25, 0.3) is 28.3 Å². The molecule has 12 heteroatoms. The van der Waals surface area contributed by atoms with Crippen molar-refractivity contribution in [3.8, 4) is 22.6 Å². The second kappa shape index (κ2) is 6.95. The van der Waals surface area contributed by atoms with E-state index >= 15 is 0 Å². The number of fused-ring (bicyclic) bond motifs is 1. The van der Waals surface area contributed by atoms with Crippen molar-refractivity contribution in [3.05, 3.63) is 43.2 Å². The fourth-order valence-corrected chi connectivity index (χ4v) is 4.91. The maximum Gasteiger partial charge on any atom is 0.211 e.